The maximum atomic E-state index is 13.3. The van der Waals surface area contributed by atoms with Gasteiger partial charge in [0.15, 0.2) is 12.1 Å². The largest absolute Gasteiger partial charge is 0.464 e. The summed E-state index contributed by atoms with van der Waals surface area (Å²) in [4.78, 5) is 41.5. The lowest BCUT2D eigenvalue weighted by atomic mass is 10.0. The highest BCUT2D eigenvalue weighted by Gasteiger charge is 2.35. The first-order chi connectivity index (χ1) is 22.4. The van der Waals surface area contributed by atoms with Gasteiger partial charge in [0.05, 0.1) is 13.0 Å². The Morgan fingerprint density at radius 3 is 1.87 bits per heavy atom. The van der Waals surface area contributed by atoms with Crippen molar-refractivity contribution >= 4 is 46.7 Å². The number of ether oxygens (including phenoxy) is 2. The number of benzene rings is 2. The molecule has 0 aliphatic rings. The molecule has 7 nitrogen and oxygen atoms in total. The van der Waals surface area contributed by atoms with Crippen molar-refractivity contribution in [3.05, 3.63) is 65.7 Å². The molecule has 0 saturated carbocycles. The molecule has 0 aliphatic heterocycles. The van der Waals surface area contributed by atoms with Crippen LogP contribution in [-0.2, 0) is 30.3 Å². The van der Waals surface area contributed by atoms with Gasteiger partial charge in [-0.2, -0.15) is 0 Å². The Morgan fingerprint density at radius 2 is 1.33 bits per heavy atom. The van der Waals surface area contributed by atoms with E-state index in [1.165, 1.54) is 51.4 Å². The highest BCUT2D eigenvalue weighted by Crippen LogP contribution is 2.25. The molecule has 0 aliphatic carbocycles. The van der Waals surface area contributed by atoms with Gasteiger partial charge in [0.1, 0.15) is 0 Å². The minimum Gasteiger partial charge on any atom is -0.464 e. The minimum absolute atomic E-state index is 0.0371. The highest BCUT2D eigenvalue weighted by atomic mass is 35.5. The average molecular weight is 678 g/mol. The zero-order valence-electron chi connectivity index (χ0n) is 27.8. The fourth-order valence-electron chi connectivity index (χ4n) is 5.40. The van der Waals surface area contributed by atoms with Gasteiger partial charge in [-0.1, -0.05) is 114 Å². The fourth-order valence-corrected chi connectivity index (χ4v) is 5.81. The molecule has 256 valence electrons. The maximum Gasteiger partial charge on any atom is 0.332 e. The third-order valence-corrected chi connectivity index (χ3v) is 8.24. The Bertz CT molecular complexity index is 1110. The number of amides is 1. The molecule has 9 heteroatoms. The van der Waals surface area contributed by atoms with Crippen molar-refractivity contribution in [2.75, 3.05) is 36.4 Å². The second-order valence-corrected chi connectivity index (χ2v) is 12.4. The van der Waals surface area contributed by atoms with Crippen molar-refractivity contribution in [3.63, 3.8) is 0 Å². The number of hydrogen-bond donors (Lipinski definition) is 1. The summed E-state index contributed by atoms with van der Waals surface area (Å²) in [6, 6.07) is 15.4. The Kier molecular flexibility index (Phi) is 20.9. The molecule has 2 atom stereocenters. The quantitative estimate of drug-likeness (QED) is 0.0644. The Morgan fingerprint density at radius 1 is 0.761 bits per heavy atom. The fraction of sp³-hybridized carbons (Fsp3) is 0.595. The minimum atomic E-state index is -1.20. The number of nitrogens with one attached hydrogen (secondary N) is 1. The van der Waals surface area contributed by atoms with Crippen LogP contribution in [0.5, 0.6) is 0 Å². The zero-order chi connectivity index (χ0) is 33.4. The molecular formula is C37H54Cl2N2O5. The number of carbonyl (C=O) groups excluding carboxylic acids is 3. The first-order valence-electron chi connectivity index (χ1n) is 17.1. The van der Waals surface area contributed by atoms with Crippen LogP contribution in [0.3, 0.4) is 0 Å². The third-order valence-electron chi connectivity index (χ3n) is 7.91. The molecule has 0 radical (unpaired) electrons. The number of rotatable bonds is 25. The Hall–Kier alpha value is -2.77. The first-order valence-corrected chi connectivity index (χ1v) is 18.2. The van der Waals surface area contributed by atoms with E-state index in [0.29, 0.717) is 30.4 Å². The van der Waals surface area contributed by atoms with Gasteiger partial charge in [-0.05, 0) is 36.6 Å². The van der Waals surface area contributed by atoms with Gasteiger partial charge in [-0.3, -0.25) is 9.59 Å². The summed E-state index contributed by atoms with van der Waals surface area (Å²) in [6.07, 6.45) is 12.3. The standard InChI is InChI=1S/C37H54Cl2N2O5/c1-3-5-6-7-8-9-10-11-12-13-17-20-34(43)46-36(31-18-15-14-16-19-31)35(37(44)45-4-2)40-33(42)29-30-21-23-32(24-22-30)41(27-25-38)28-26-39/h14-16,18-19,21-24,35-36H,3-13,17,20,25-29H2,1-2H3,(H,40,42)/t35-,36+/m1/s1. The SMILES string of the molecule is CCCCCCCCCCCCCC(=O)O[C@@H](c1ccccc1)[C@@H](NC(=O)Cc1ccc(N(CCCl)CCCl)cc1)C(=O)OCC. The van der Waals surface area contributed by atoms with E-state index in [2.05, 4.69) is 17.1 Å². The number of esters is 2. The van der Waals surface area contributed by atoms with Crippen molar-refractivity contribution in [3.8, 4) is 0 Å². The van der Waals surface area contributed by atoms with Gasteiger partial charge in [-0.25, -0.2) is 4.79 Å². The molecule has 1 amide bonds. The zero-order valence-corrected chi connectivity index (χ0v) is 29.3. The van der Waals surface area contributed by atoms with E-state index in [-0.39, 0.29) is 25.4 Å². The van der Waals surface area contributed by atoms with E-state index in [4.69, 9.17) is 32.7 Å². The molecule has 0 bridgehead atoms. The van der Waals surface area contributed by atoms with Crippen molar-refractivity contribution in [1.82, 2.24) is 5.32 Å². The summed E-state index contributed by atoms with van der Waals surface area (Å²) in [5.41, 5.74) is 2.34. The molecule has 0 saturated heterocycles. The molecule has 0 heterocycles. The molecule has 0 fully saturated rings. The van der Waals surface area contributed by atoms with Gasteiger partial charge >= 0.3 is 11.9 Å². The molecular weight excluding hydrogens is 623 g/mol. The van der Waals surface area contributed by atoms with Crippen LogP contribution >= 0.6 is 23.2 Å². The second kappa shape index (κ2) is 24.4. The number of halogens is 2. The van der Waals surface area contributed by atoms with E-state index in [0.717, 1.165) is 30.5 Å². The summed E-state index contributed by atoms with van der Waals surface area (Å²) >= 11 is 11.9. The number of hydrogen-bond acceptors (Lipinski definition) is 6. The van der Waals surface area contributed by atoms with E-state index in [1.54, 1.807) is 19.1 Å². The topological polar surface area (TPSA) is 84.9 Å². The van der Waals surface area contributed by atoms with E-state index >= 15 is 0 Å². The summed E-state index contributed by atoms with van der Waals surface area (Å²) < 4.78 is 11.2. The van der Waals surface area contributed by atoms with Gasteiger partial charge in [0.25, 0.3) is 0 Å². The van der Waals surface area contributed by atoms with E-state index in [1.807, 2.05) is 42.5 Å². The lowest BCUT2D eigenvalue weighted by Gasteiger charge is -2.27. The van der Waals surface area contributed by atoms with Gasteiger partial charge in [-0.15, -0.1) is 23.2 Å². The first kappa shape index (κ1) is 39.4. The summed E-state index contributed by atoms with van der Waals surface area (Å²) in [5.74, 6) is -0.486. The maximum absolute atomic E-state index is 13.3. The Labute approximate surface area is 286 Å². The summed E-state index contributed by atoms with van der Waals surface area (Å²) in [6.45, 7) is 5.38. The summed E-state index contributed by atoms with van der Waals surface area (Å²) in [7, 11) is 0. The monoisotopic (exact) mass is 676 g/mol. The predicted molar refractivity (Wildman–Crippen MR) is 189 cm³/mol. The third kappa shape index (κ3) is 15.7. The van der Waals surface area contributed by atoms with Crippen LogP contribution in [0, 0.1) is 0 Å². The molecule has 2 aromatic carbocycles. The van der Waals surface area contributed by atoms with Crippen LogP contribution in [0.15, 0.2) is 54.6 Å². The Balaban J connectivity index is 2.00. The van der Waals surface area contributed by atoms with Crippen LogP contribution in [0.1, 0.15) is 108 Å². The normalized spacial score (nSPS) is 12.3. The summed E-state index contributed by atoms with van der Waals surface area (Å²) in [5, 5.41) is 2.81. The average Bonchev–Trinajstić information content (AvgIpc) is 3.06. The molecule has 0 spiro atoms. The number of alkyl halides is 2. The van der Waals surface area contributed by atoms with Crippen LogP contribution in [0.2, 0.25) is 0 Å². The number of anilines is 1. The van der Waals surface area contributed by atoms with Gasteiger partial charge in [0, 0.05) is 37.0 Å². The predicted octanol–water partition coefficient (Wildman–Crippen LogP) is 8.55. The van der Waals surface area contributed by atoms with E-state index in [9.17, 15) is 14.4 Å². The lowest BCUT2D eigenvalue weighted by Crippen LogP contribution is -2.47. The van der Waals surface area contributed by atoms with Crippen LogP contribution in [0.25, 0.3) is 0 Å². The number of nitrogens with zero attached hydrogens (tertiary/aromatic N) is 1. The molecule has 2 aromatic rings. The number of carbonyl (C=O) groups is 3. The smallest absolute Gasteiger partial charge is 0.332 e. The van der Waals surface area contributed by atoms with Crippen LogP contribution in [-0.4, -0.2) is 55.3 Å². The second-order valence-electron chi connectivity index (χ2n) is 11.6. The van der Waals surface area contributed by atoms with Gasteiger partial charge < -0.3 is 19.7 Å². The van der Waals surface area contributed by atoms with Crippen molar-refractivity contribution in [1.29, 1.82) is 0 Å². The van der Waals surface area contributed by atoms with Crippen LogP contribution < -0.4 is 10.2 Å². The molecule has 0 aromatic heterocycles. The van der Waals surface area contributed by atoms with Gasteiger partial charge in [0.2, 0.25) is 5.91 Å². The van der Waals surface area contributed by atoms with Crippen molar-refractivity contribution < 1.29 is 23.9 Å². The van der Waals surface area contributed by atoms with Crippen molar-refractivity contribution in [2.45, 2.75) is 109 Å². The molecule has 1 N–H and O–H groups in total. The molecule has 0 unspecified atom stereocenters. The number of unbranched alkanes of at least 4 members (excludes halogenated alkanes) is 10. The lowest BCUT2D eigenvalue weighted by molar-refractivity contribution is -0.160. The molecule has 2 rings (SSSR count). The van der Waals surface area contributed by atoms with Crippen LogP contribution in [0.4, 0.5) is 5.69 Å². The van der Waals surface area contributed by atoms with E-state index < -0.39 is 24.1 Å². The highest BCUT2D eigenvalue weighted by molar-refractivity contribution is 6.18. The molecule has 46 heavy (non-hydrogen) atoms. The van der Waals surface area contributed by atoms with Crippen molar-refractivity contribution in [2.24, 2.45) is 0 Å².